The van der Waals surface area contributed by atoms with Crippen molar-refractivity contribution in [2.75, 3.05) is 18.1 Å². The first-order valence-corrected chi connectivity index (χ1v) is 9.57. The number of hydrogen-bond acceptors (Lipinski definition) is 6. The van der Waals surface area contributed by atoms with Crippen molar-refractivity contribution < 1.29 is 24.0 Å². The summed E-state index contributed by atoms with van der Waals surface area (Å²) in [6, 6.07) is 20.8. The molecular weight excluding hydrogens is 400 g/mol. The molecule has 2 amide bonds. The van der Waals surface area contributed by atoms with Crippen molar-refractivity contribution in [2.45, 2.75) is 6.10 Å². The van der Waals surface area contributed by atoms with Crippen LogP contribution in [0.4, 0.5) is 11.4 Å². The first kappa shape index (κ1) is 20.2. The Bertz CT molecular complexity index is 1110. The number of para-hydroxylation sites is 2. The molecular formula is C23H18N2O6. The third kappa shape index (κ3) is 4.44. The minimum atomic E-state index is -0.820. The summed E-state index contributed by atoms with van der Waals surface area (Å²) in [5, 5.41) is 11.8. The van der Waals surface area contributed by atoms with E-state index in [1.165, 1.54) is 18.2 Å². The molecule has 1 unspecified atom stereocenters. The second-order valence-electron chi connectivity index (χ2n) is 6.82. The number of amides is 2. The van der Waals surface area contributed by atoms with Crippen LogP contribution < -0.4 is 9.64 Å². The molecule has 8 heteroatoms. The summed E-state index contributed by atoms with van der Waals surface area (Å²) in [6.07, 6.45) is -0.112. The maximum absolute atomic E-state index is 13.5. The highest BCUT2D eigenvalue weighted by atomic mass is 16.6. The summed E-state index contributed by atoms with van der Waals surface area (Å²) in [5.74, 6) is -1.46. The van der Waals surface area contributed by atoms with Crippen LogP contribution in [0.2, 0.25) is 0 Å². The summed E-state index contributed by atoms with van der Waals surface area (Å²) in [4.78, 5) is 38.9. The van der Waals surface area contributed by atoms with Crippen LogP contribution in [0.15, 0.2) is 78.9 Å². The Morgan fingerprint density at radius 3 is 2.23 bits per heavy atom. The second kappa shape index (κ2) is 8.76. The van der Waals surface area contributed by atoms with E-state index >= 15 is 0 Å². The minimum absolute atomic E-state index is 0.0495. The van der Waals surface area contributed by atoms with Gasteiger partial charge in [-0.25, -0.2) is 4.90 Å². The SMILES string of the molecule is O=C(c1ccccc1)N(C(=O)c1cccc(OCC2CO2)c1[N+](=O)[O-])c1ccccc1. The summed E-state index contributed by atoms with van der Waals surface area (Å²) in [6.45, 7) is 0.670. The number of hydrogen-bond donors (Lipinski definition) is 0. The van der Waals surface area contributed by atoms with Gasteiger partial charge in [-0.1, -0.05) is 42.5 Å². The Morgan fingerprint density at radius 1 is 0.968 bits per heavy atom. The van der Waals surface area contributed by atoms with Gasteiger partial charge in [0.1, 0.15) is 18.3 Å². The van der Waals surface area contributed by atoms with E-state index in [2.05, 4.69) is 0 Å². The Morgan fingerprint density at radius 2 is 1.61 bits per heavy atom. The predicted octanol–water partition coefficient (Wildman–Crippen LogP) is 3.86. The number of nitro groups is 1. The van der Waals surface area contributed by atoms with Gasteiger partial charge in [0.2, 0.25) is 0 Å². The fourth-order valence-electron chi connectivity index (χ4n) is 3.08. The van der Waals surface area contributed by atoms with Crippen LogP contribution in [0.1, 0.15) is 20.7 Å². The number of carbonyl (C=O) groups excluding carboxylic acids is 2. The normalized spacial score (nSPS) is 14.5. The zero-order chi connectivity index (χ0) is 21.8. The van der Waals surface area contributed by atoms with Crippen LogP contribution >= 0.6 is 0 Å². The molecule has 0 aromatic heterocycles. The molecule has 1 fully saturated rings. The quantitative estimate of drug-likeness (QED) is 0.250. The van der Waals surface area contributed by atoms with Crippen LogP contribution in [0.5, 0.6) is 5.75 Å². The van der Waals surface area contributed by atoms with E-state index in [4.69, 9.17) is 9.47 Å². The number of nitro benzene ring substituents is 1. The molecule has 1 heterocycles. The third-order valence-corrected chi connectivity index (χ3v) is 4.68. The van der Waals surface area contributed by atoms with Crippen LogP contribution in [-0.4, -0.2) is 36.1 Å². The van der Waals surface area contributed by atoms with Crippen molar-refractivity contribution in [2.24, 2.45) is 0 Å². The number of ether oxygens (including phenoxy) is 2. The molecule has 1 atom stereocenters. The number of rotatable bonds is 7. The maximum atomic E-state index is 13.5. The Balaban J connectivity index is 1.77. The lowest BCUT2D eigenvalue weighted by Crippen LogP contribution is -2.37. The average molecular weight is 418 g/mol. The molecule has 0 N–H and O–H groups in total. The lowest BCUT2D eigenvalue weighted by Gasteiger charge is -2.21. The van der Waals surface area contributed by atoms with Crippen molar-refractivity contribution >= 4 is 23.2 Å². The minimum Gasteiger partial charge on any atom is -0.484 e. The first-order valence-electron chi connectivity index (χ1n) is 9.57. The molecule has 3 aromatic carbocycles. The van der Waals surface area contributed by atoms with Crippen molar-refractivity contribution in [1.82, 2.24) is 0 Å². The van der Waals surface area contributed by atoms with Crippen LogP contribution in [0, 0.1) is 10.1 Å². The Hall–Kier alpha value is -4.04. The summed E-state index contributed by atoms with van der Waals surface area (Å²) < 4.78 is 10.6. The number of nitrogens with zero attached hydrogens (tertiary/aromatic N) is 2. The molecule has 0 spiro atoms. The van der Waals surface area contributed by atoms with Crippen molar-refractivity contribution in [3.63, 3.8) is 0 Å². The molecule has 0 saturated carbocycles. The Labute approximate surface area is 177 Å². The van der Waals surface area contributed by atoms with Gasteiger partial charge in [0, 0.05) is 5.56 Å². The number of carbonyl (C=O) groups is 2. The van der Waals surface area contributed by atoms with E-state index in [1.807, 2.05) is 0 Å². The standard InChI is InChI=1S/C23H18N2O6/c26-22(16-8-3-1-4-9-16)24(17-10-5-2-6-11-17)23(27)19-12-7-13-20(21(19)25(28)29)31-15-18-14-30-18/h1-13,18H,14-15H2. The summed E-state index contributed by atoms with van der Waals surface area (Å²) in [7, 11) is 0. The topological polar surface area (TPSA) is 102 Å². The van der Waals surface area contributed by atoms with Crippen LogP contribution in [0.3, 0.4) is 0 Å². The maximum Gasteiger partial charge on any atom is 0.323 e. The van der Waals surface area contributed by atoms with Gasteiger partial charge < -0.3 is 9.47 Å². The molecule has 0 radical (unpaired) electrons. The van der Waals surface area contributed by atoms with Gasteiger partial charge in [0.15, 0.2) is 5.75 Å². The molecule has 1 saturated heterocycles. The van der Waals surface area contributed by atoms with Crippen molar-refractivity contribution in [3.8, 4) is 5.75 Å². The van der Waals surface area contributed by atoms with Gasteiger partial charge in [-0.3, -0.25) is 19.7 Å². The summed E-state index contributed by atoms with van der Waals surface area (Å²) in [5.41, 5.74) is -0.156. The van der Waals surface area contributed by atoms with Crippen LogP contribution in [-0.2, 0) is 4.74 Å². The predicted molar refractivity (Wildman–Crippen MR) is 112 cm³/mol. The number of benzene rings is 3. The van der Waals surface area contributed by atoms with Gasteiger partial charge in [0.25, 0.3) is 11.8 Å². The molecule has 0 aliphatic carbocycles. The lowest BCUT2D eigenvalue weighted by molar-refractivity contribution is -0.386. The molecule has 1 aliphatic rings. The van der Waals surface area contributed by atoms with Gasteiger partial charge in [-0.15, -0.1) is 0 Å². The highest BCUT2D eigenvalue weighted by Crippen LogP contribution is 2.33. The second-order valence-corrected chi connectivity index (χ2v) is 6.82. The highest BCUT2D eigenvalue weighted by molar-refractivity contribution is 6.26. The van der Waals surface area contributed by atoms with E-state index < -0.39 is 22.4 Å². The summed E-state index contributed by atoms with van der Waals surface area (Å²) >= 11 is 0. The zero-order valence-corrected chi connectivity index (χ0v) is 16.3. The first-order chi connectivity index (χ1) is 15.1. The van der Waals surface area contributed by atoms with E-state index in [0.717, 1.165) is 4.90 Å². The average Bonchev–Trinajstić information content (AvgIpc) is 3.63. The van der Waals surface area contributed by atoms with Gasteiger partial charge >= 0.3 is 5.69 Å². The number of anilines is 1. The third-order valence-electron chi connectivity index (χ3n) is 4.68. The molecule has 3 aromatic rings. The molecule has 156 valence electrons. The lowest BCUT2D eigenvalue weighted by atomic mass is 10.1. The van der Waals surface area contributed by atoms with E-state index in [9.17, 15) is 19.7 Å². The monoisotopic (exact) mass is 418 g/mol. The van der Waals surface area contributed by atoms with Crippen molar-refractivity contribution in [3.05, 3.63) is 100 Å². The highest BCUT2D eigenvalue weighted by Gasteiger charge is 2.34. The molecule has 1 aliphatic heterocycles. The van der Waals surface area contributed by atoms with Crippen LogP contribution in [0.25, 0.3) is 0 Å². The van der Waals surface area contributed by atoms with Gasteiger partial charge in [-0.2, -0.15) is 0 Å². The van der Waals surface area contributed by atoms with Gasteiger partial charge in [0.05, 0.1) is 17.2 Å². The molecule has 31 heavy (non-hydrogen) atoms. The smallest absolute Gasteiger partial charge is 0.323 e. The van der Waals surface area contributed by atoms with Crippen molar-refractivity contribution in [1.29, 1.82) is 0 Å². The fraction of sp³-hybridized carbons (Fsp3) is 0.130. The van der Waals surface area contributed by atoms with E-state index in [-0.39, 0.29) is 29.6 Å². The fourth-order valence-corrected chi connectivity index (χ4v) is 3.08. The number of imide groups is 1. The largest absolute Gasteiger partial charge is 0.484 e. The zero-order valence-electron chi connectivity index (χ0n) is 16.3. The number of epoxide rings is 1. The van der Waals surface area contributed by atoms with Gasteiger partial charge in [-0.05, 0) is 36.4 Å². The molecule has 8 nitrogen and oxygen atoms in total. The molecule has 4 rings (SSSR count). The van der Waals surface area contributed by atoms with E-state index in [1.54, 1.807) is 60.7 Å². The molecule has 0 bridgehead atoms. The van der Waals surface area contributed by atoms with E-state index in [0.29, 0.717) is 12.3 Å². The Kier molecular flexibility index (Phi) is 5.72.